The van der Waals surface area contributed by atoms with Gasteiger partial charge in [-0.15, -0.1) is 11.3 Å². The fourth-order valence-corrected chi connectivity index (χ4v) is 3.84. The third-order valence-electron chi connectivity index (χ3n) is 2.63. The van der Waals surface area contributed by atoms with Gasteiger partial charge in [-0.3, -0.25) is 4.99 Å². The fraction of sp³-hybridized carbons (Fsp3) is 0.583. The molecule has 1 aromatic rings. The molecule has 1 N–H and O–H groups in total. The second-order valence-corrected chi connectivity index (χ2v) is 6.74. The summed E-state index contributed by atoms with van der Waals surface area (Å²) in [6.45, 7) is 6.65. The average Bonchev–Trinajstić information content (AvgIpc) is 2.68. The normalized spacial score (nSPS) is 27.3. The minimum absolute atomic E-state index is 0.365. The van der Waals surface area contributed by atoms with E-state index in [9.17, 15) is 0 Å². The Bertz CT molecular complexity index is 359. The Morgan fingerprint density at radius 3 is 2.94 bits per heavy atom. The van der Waals surface area contributed by atoms with E-state index in [-0.39, 0.29) is 0 Å². The molecule has 0 saturated carbocycles. The van der Waals surface area contributed by atoms with Gasteiger partial charge in [0.1, 0.15) is 0 Å². The van der Waals surface area contributed by atoms with Crippen LogP contribution in [0.25, 0.3) is 0 Å². The number of hydrogen-bond donors (Lipinski definition) is 1. The molecule has 16 heavy (non-hydrogen) atoms. The van der Waals surface area contributed by atoms with Crippen molar-refractivity contribution >= 4 is 28.3 Å². The Hall–Kier alpha value is -0.480. The predicted molar refractivity (Wildman–Crippen MR) is 74.4 cm³/mol. The number of thiophene rings is 1. The first kappa shape index (κ1) is 12.0. The first-order valence-corrected chi connectivity index (χ1v) is 7.45. The SMILES string of the molecule is CC1CC(C)SC(NC(C)c2cccs2)=N1. The summed E-state index contributed by atoms with van der Waals surface area (Å²) in [4.78, 5) is 6.03. The molecule has 4 heteroatoms. The van der Waals surface area contributed by atoms with E-state index >= 15 is 0 Å². The number of amidine groups is 1. The molecule has 3 unspecified atom stereocenters. The molecule has 0 radical (unpaired) electrons. The quantitative estimate of drug-likeness (QED) is 0.871. The van der Waals surface area contributed by atoms with Crippen LogP contribution >= 0.6 is 23.1 Å². The zero-order valence-electron chi connectivity index (χ0n) is 9.93. The highest BCUT2D eigenvalue weighted by atomic mass is 32.2. The van der Waals surface area contributed by atoms with E-state index in [1.54, 1.807) is 11.3 Å². The Balaban J connectivity index is 1.99. The van der Waals surface area contributed by atoms with Gasteiger partial charge in [0.05, 0.1) is 12.1 Å². The number of nitrogens with one attached hydrogen (secondary N) is 1. The van der Waals surface area contributed by atoms with Crippen molar-refractivity contribution < 1.29 is 0 Å². The van der Waals surface area contributed by atoms with Gasteiger partial charge in [-0.05, 0) is 31.7 Å². The molecule has 2 heterocycles. The Labute approximate surface area is 106 Å². The number of hydrogen-bond acceptors (Lipinski definition) is 4. The summed E-state index contributed by atoms with van der Waals surface area (Å²) in [7, 11) is 0. The van der Waals surface area contributed by atoms with Crippen LogP contribution < -0.4 is 5.32 Å². The van der Waals surface area contributed by atoms with Gasteiger partial charge in [0.2, 0.25) is 0 Å². The van der Waals surface area contributed by atoms with Crippen LogP contribution in [-0.4, -0.2) is 16.5 Å². The van der Waals surface area contributed by atoms with Crippen LogP contribution in [0.3, 0.4) is 0 Å². The van der Waals surface area contributed by atoms with Crippen molar-refractivity contribution in [3.63, 3.8) is 0 Å². The summed E-state index contributed by atoms with van der Waals surface area (Å²) in [5, 5.41) is 7.40. The van der Waals surface area contributed by atoms with Crippen LogP contribution in [0, 0.1) is 0 Å². The standard InChI is InChI=1S/C12H18N2S2/c1-8-7-9(2)16-12(13-8)14-10(3)11-5-4-6-15-11/h4-6,8-10H,7H2,1-3H3,(H,13,14). The molecular formula is C12H18N2S2. The zero-order chi connectivity index (χ0) is 11.5. The highest BCUT2D eigenvalue weighted by Crippen LogP contribution is 2.26. The minimum Gasteiger partial charge on any atom is -0.358 e. The molecule has 1 aliphatic heterocycles. The van der Waals surface area contributed by atoms with Gasteiger partial charge in [0, 0.05) is 10.1 Å². The van der Waals surface area contributed by atoms with Crippen molar-refractivity contribution in [2.24, 2.45) is 4.99 Å². The summed E-state index contributed by atoms with van der Waals surface area (Å²) in [5.74, 6) is 0. The van der Waals surface area contributed by atoms with Crippen molar-refractivity contribution in [1.29, 1.82) is 0 Å². The molecule has 0 aliphatic carbocycles. The first-order chi connectivity index (χ1) is 7.65. The molecule has 1 aliphatic rings. The Morgan fingerprint density at radius 2 is 2.31 bits per heavy atom. The highest BCUT2D eigenvalue weighted by Gasteiger charge is 2.19. The van der Waals surface area contributed by atoms with E-state index in [4.69, 9.17) is 0 Å². The molecule has 2 rings (SSSR count). The Kier molecular flexibility index (Phi) is 3.92. The number of thioether (sulfide) groups is 1. The predicted octanol–water partition coefficient (Wildman–Crippen LogP) is 3.67. The van der Waals surface area contributed by atoms with E-state index in [1.807, 2.05) is 11.8 Å². The van der Waals surface area contributed by atoms with Gasteiger partial charge in [0.15, 0.2) is 5.17 Å². The van der Waals surface area contributed by atoms with E-state index < -0.39 is 0 Å². The zero-order valence-corrected chi connectivity index (χ0v) is 11.6. The van der Waals surface area contributed by atoms with Gasteiger partial charge in [-0.25, -0.2) is 0 Å². The lowest BCUT2D eigenvalue weighted by molar-refractivity contribution is 0.645. The summed E-state index contributed by atoms with van der Waals surface area (Å²) >= 11 is 3.65. The molecule has 0 fully saturated rings. The maximum absolute atomic E-state index is 4.66. The van der Waals surface area contributed by atoms with Crippen LogP contribution in [0.15, 0.2) is 22.5 Å². The summed E-state index contributed by atoms with van der Waals surface area (Å²) in [6.07, 6.45) is 1.18. The van der Waals surface area contributed by atoms with Gasteiger partial charge >= 0.3 is 0 Å². The fourth-order valence-electron chi connectivity index (χ4n) is 1.87. The van der Waals surface area contributed by atoms with Gasteiger partial charge in [0.25, 0.3) is 0 Å². The van der Waals surface area contributed by atoms with Crippen LogP contribution in [0.4, 0.5) is 0 Å². The van der Waals surface area contributed by atoms with Crippen molar-refractivity contribution in [2.45, 2.75) is 44.5 Å². The third kappa shape index (κ3) is 3.01. The molecule has 3 atom stereocenters. The molecule has 1 aromatic heterocycles. The molecule has 0 spiro atoms. The summed E-state index contributed by atoms with van der Waals surface area (Å²) in [6, 6.07) is 5.08. The molecule has 0 amide bonds. The molecule has 0 saturated heterocycles. The van der Waals surface area contributed by atoms with Crippen LogP contribution in [0.2, 0.25) is 0 Å². The second-order valence-electron chi connectivity index (χ2n) is 4.33. The second kappa shape index (κ2) is 5.23. The number of nitrogens with zero attached hydrogens (tertiary/aromatic N) is 1. The molecule has 0 aromatic carbocycles. The van der Waals surface area contributed by atoms with E-state index in [1.165, 1.54) is 11.3 Å². The molecule has 2 nitrogen and oxygen atoms in total. The maximum atomic E-state index is 4.66. The van der Waals surface area contributed by atoms with Crippen molar-refractivity contribution in [3.8, 4) is 0 Å². The third-order valence-corrected chi connectivity index (χ3v) is 4.73. The maximum Gasteiger partial charge on any atom is 0.157 e. The first-order valence-electron chi connectivity index (χ1n) is 5.69. The van der Waals surface area contributed by atoms with Crippen molar-refractivity contribution in [1.82, 2.24) is 5.32 Å². The lowest BCUT2D eigenvalue weighted by Gasteiger charge is -2.25. The van der Waals surface area contributed by atoms with Crippen LogP contribution in [-0.2, 0) is 0 Å². The Morgan fingerprint density at radius 1 is 1.50 bits per heavy atom. The average molecular weight is 254 g/mol. The van der Waals surface area contributed by atoms with Crippen LogP contribution in [0.5, 0.6) is 0 Å². The van der Waals surface area contributed by atoms with Crippen molar-refractivity contribution in [3.05, 3.63) is 22.4 Å². The van der Waals surface area contributed by atoms with Crippen molar-refractivity contribution in [2.75, 3.05) is 0 Å². The summed E-state index contributed by atoms with van der Waals surface area (Å²) < 4.78 is 0. The van der Waals surface area contributed by atoms with E-state index in [2.05, 4.69) is 48.6 Å². The number of aliphatic imine (C=N–C) groups is 1. The lowest BCUT2D eigenvalue weighted by atomic mass is 10.2. The smallest absolute Gasteiger partial charge is 0.157 e. The minimum atomic E-state index is 0.365. The summed E-state index contributed by atoms with van der Waals surface area (Å²) in [5.41, 5.74) is 0. The van der Waals surface area contributed by atoms with E-state index in [0.29, 0.717) is 17.3 Å². The molecule has 0 bridgehead atoms. The van der Waals surface area contributed by atoms with Gasteiger partial charge < -0.3 is 5.32 Å². The highest BCUT2D eigenvalue weighted by molar-refractivity contribution is 8.14. The largest absolute Gasteiger partial charge is 0.358 e. The van der Waals surface area contributed by atoms with Gasteiger partial charge in [-0.1, -0.05) is 24.8 Å². The number of rotatable bonds is 2. The lowest BCUT2D eigenvalue weighted by Crippen LogP contribution is -2.30. The molecule has 88 valence electrons. The monoisotopic (exact) mass is 254 g/mol. The van der Waals surface area contributed by atoms with Crippen LogP contribution in [0.1, 0.15) is 38.1 Å². The molecular weight excluding hydrogens is 236 g/mol. The van der Waals surface area contributed by atoms with Gasteiger partial charge in [-0.2, -0.15) is 0 Å². The topological polar surface area (TPSA) is 24.4 Å². The van der Waals surface area contributed by atoms with E-state index in [0.717, 1.165) is 5.17 Å².